The Bertz CT molecular complexity index is 488. The van der Waals surface area contributed by atoms with Crippen molar-refractivity contribution in [3.63, 3.8) is 0 Å². The van der Waals surface area contributed by atoms with Gasteiger partial charge in [0.05, 0.1) is 33.4 Å². The summed E-state index contributed by atoms with van der Waals surface area (Å²) in [5.74, 6) is 1.08. The van der Waals surface area contributed by atoms with E-state index in [1.807, 2.05) is 13.8 Å². The molecule has 1 aromatic rings. The minimum Gasteiger partial charge on any atom is -0.496 e. The van der Waals surface area contributed by atoms with Gasteiger partial charge in [0.15, 0.2) is 0 Å². The molecule has 0 aliphatic heterocycles. The molecule has 1 rings (SSSR count). The van der Waals surface area contributed by atoms with E-state index in [0.717, 1.165) is 0 Å². The van der Waals surface area contributed by atoms with Gasteiger partial charge in [-0.1, -0.05) is 0 Å². The first-order valence-corrected chi connectivity index (χ1v) is 6.53. The normalized spacial score (nSPS) is 10.2. The number of hydrogen-bond donors (Lipinski definition) is 0. The maximum Gasteiger partial charge on any atom is 0.287 e. The van der Waals surface area contributed by atoms with E-state index in [-0.39, 0.29) is 12.6 Å². The van der Waals surface area contributed by atoms with Crippen molar-refractivity contribution in [2.24, 2.45) is 0 Å². The Morgan fingerprint density at radius 1 is 1.14 bits per heavy atom. The Morgan fingerprint density at radius 3 is 2.00 bits per heavy atom. The van der Waals surface area contributed by atoms with Crippen molar-refractivity contribution in [2.75, 3.05) is 21.3 Å². The average molecular weight is 295 g/mol. The first-order valence-electron chi connectivity index (χ1n) is 6.53. The van der Waals surface area contributed by atoms with Crippen LogP contribution in [0.2, 0.25) is 0 Å². The molecule has 0 bridgehead atoms. The highest BCUT2D eigenvalue weighted by Gasteiger charge is 2.22. The first-order chi connectivity index (χ1) is 9.98. The van der Waals surface area contributed by atoms with Crippen molar-refractivity contribution < 1.29 is 23.8 Å². The van der Waals surface area contributed by atoms with E-state index in [4.69, 9.17) is 14.2 Å². The summed E-state index contributed by atoms with van der Waals surface area (Å²) in [4.78, 5) is 24.0. The van der Waals surface area contributed by atoms with Crippen LogP contribution in [-0.2, 0) is 16.1 Å². The minimum absolute atomic E-state index is 0.126. The Labute approximate surface area is 124 Å². The molecule has 0 spiro atoms. The highest BCUT2D eigenvalue weighted by molar-refractivity contribution is 6.23. The SMILES string of the molecule is COc1cc(OC)c(CN(C(=O)C=O)C(C)C)c(OC)c1. The molecule has 0 aliphatic rings. The molecule has 21 heavy (non-hydrogen) atoms. The molecule has 0 heterocycles. The predicted octanol–water partition coefficient (Wildman–Crippen LogP) is 1.65. The van der Waals surface area contributed by atoms with Gasteiger partial charge >= 0.3 is 0 Å². The minimum atomic E-state index is -0.579. The average Bonchev–Trinajstić information content (AvgIpc) is 2.50. The summed E-state index contributed by atoms with van der Waals surface area (Å²) in [6.45, 7) is 3.89. The maximum absolute atomic E-state index is 11.7. The fourth-order valence-electron chi connectivity index (χ4n) is 1.99. The predicted molar refractivity (Wildman–Crippen MR) is 77.8 cm³/mol. The lowest BCUT2D eigenvalue weighted by molar-refractivity contribution is -0.140. The van der Waals surface area contributed by atoms with E-state index in [2.05, 4.69) is 0 Å². The van der Waals surface area contributed by atoms with Gasteiger partial charge in [-0.3, -0.25) is 9.59 Å². The molecule has 0 aromatic heterocycles. The second-order valence-corrected chi connectivity index (χ2v) is 4.69. The zero-order valence-electron chi connectivity index (χ0n) is 13.0. The molecular weight excluding hydrogens is 274 g/mol. The van der Waals surface area contributed by atoms with Crippen molar-refractivity contribution in [2.45, 2.75) is 26.4 Å². The lowest BCUT2D eigenvalue weighted by Gasteiger charge is -2.26. The molecule has 0 saturated heterocycles. The molecule has 1 amide bonds. The van der Waals surface area contributed by atoms with Crippen LogP contribution in [0, 0.1) is 0 Å². The quantitative estimate of drug-likeness (QED) is 0.565. The van der Waals surface area contributed by atoms with Crippen LogP contribution in [0.15, 0.2) is 12.1 Å². The second kappa shape index (κ2) is 7.52. The van der Waals surface area contributed by atoms with Gasteiger partial charge in [-0.15, -0.1) is 0 Å². The maximum atomic E-state index is 11.7. The third kappa shape index (κ3) is 3.87. The monoisotopic (exact) mass is 295 g/mol. The summed E-state index contributed by atoms with van der Waals surface area (Å²) in [5.41, 5.74) is 0.685. The third-order valence-corrected chi connectivity index (χ3v) is 3.15. The Morgan fingerprint density at radius 2 is 1.67 bits per heavy atom. The summed E-state index contributed by atoms with van der Waals surface area (Å²) in [5, 5.41) is 0. The molecule has 0 N–H and O–H groups in total. The van der Waals surface area contributed by atoms with Gasteiger partial charge in [0.1, 0.15) is 17.2 Å². The molecule has 0 aliphatic carbocycles. The van der Waals surface area contributed by atoms with Gasteiger partial charge in [-0.25, -0.2) is 0 Å². The zero-order chi connectivity index (χ0) is 16.0. The van der Waals surface area contributed by atoms with Gasteiger partial charge < -0.3 is 19.1 Å². The largest absolute Gasteiger partial charge is 0.496 e. The second-order valence-electron chi connectivity index (χ2n) is 4.69. The summed E-state index contributed by atoms with van der Waals surface area (Å²) in [6.07, 6.45) is 0.308. The van der Waals surface area contributed by atoms with Gasteiger partial charge in [-0.05, 0) is 13.8 Å². The molecule has 0 saturated carbocycles. The van der Waals surface area contributed by atoms with E-state index in [9.17, 15) is 9.59 Å². The van der Waals surface area contributed by atoms with Crippen molar-refractivity contribution in [3.8, 4) is 17.2 Å². The Hall–Kier alpha value is -2.24. The molecule has 1 aromatic carbocycles. The topological polar surface area (TPSA) is 65.1 Å². The Balaban J connectivity index is 3.26. The number of nitrogens with zero attached hydrogens (tertiary/aromatic N) is 1. The summed E-state index contributed by atoms with van der Waals surface area (Å²) in [7, 11) is 4.60. The summed E-state index contributed by atoms with van der Waals surface area (Å²) >= 11 is 0. The van der Waals surface area contributed by atoms with Crippen LogP contribution in [0.4, 0.5) is 0 Å². The number of benzene rings is 1. The number of carbonyl (C=O) groups excluding carboxylic acids is 2. The fourth-order valence-corrected chi connectivity index (χ4v) is 1.99. The van der Waals surface area contributed by atoms with E-state index >= 15 is 0 Å². The molecule has 0 radical (unpaired) electrons. The zero-order valence-corrected chi connectivity index (χ0v) is 13.0. The van der Waals surface area contributed by atoms with E-state index < -0.39 is 5.91 Å². The van der Waals surface area contributed by atoms with Crippen LogP contribution >= 0.6 is 0 Å². The van der Waals surface area contributed by atoms with E-state index in [0.29, 0.717) is 29.1 Å². The summed E-state index contributed by atoms with van der Waals surface area (Å²) in [6, 6.07) is 3.29. The lowest BCUT2D eigenvalue weighted by atomic mass is 10.1. The van der Waals surface area contributed by atoms with Crippen molar-refractivity contribution >= 4 is 12.2 Å². The van der Waals surface area contributed by atoms with Gasteiger partial charge in [0, 0.05) is 18.2 Å². The highest BCUT2D eigenvalue weighted by atomic mass is 16.5. The van der Waals surface area contributed by atoms with Crippen LogP contribution < -0.4 is 14.2 Å². The molecule has 6 heteroatoms. The van der Waals surface area contributed by atoms with Crippen LogP contribution in [0.25, 0.3) is 0 Å². The molecule has 0 atom stereocenters. The first kappa shape index (κ1) is 16.8. The number of amides is 1. The van der Waals surface area contributed by atoms with Crippen LogP contribution in [0.1, 0.15) is 19.4 Å². The molecule has 0 fully saturated rings. The number of aldehydes is 1. The third-order valence-electron chi connectivity index (χ3n) is 3.15. The standard InChI is InChI=1S/C15H21NO5/c1-10(2)16(15(18)9-17)8-12-13(20-4)6-11(19-3)7-14(12)21-5/h6-7,9-10H,8H2,1-5H3. The van der Waals surface area contributed by atoms with Crippen molar-refractivity contribution in [3.05, 3.63) is 17.7 Å². The highest BCUT2D eigenvalue weighted by Crippen LogP contribution is 2.35. The molecule has 6 nitrogen and oxygen atoms in total. The number of hydrogen-bond acceptors (Lipinski definition) is 5. The Kier molecular flexibility index (Phi) is 6.02. The van der Waals surface area contributed by atoms with Crippen LogP contribution in [-0.4, -0.2) is 44.5 Å². The van der Waals surface area contributed by atoms with Gasteiger partial charge in [-0.2, -0.15) is 0 Å². The smallest absolute Gasteiger partial charge is 0.287 e. The number of ether oxygens (including phenoxy) is 3. The lowest BCUT2D eigenvalue weighted by Crippen LogP contribution is -2.37. The number of rotatable bonds is 7. The molecule has 0 unspecified atom stereocenters. The van der Waals surface area contributed by atoms with Crippen LogP contribution in [0.3, 0.4) is 0 Å². The van der Waals surface area contributed by atoms with E-state index in [1.54, 1.807) is 19.2 Å². The molecular formula is C15H21NO5. The van der Waals surface area contributed by atoms with Crippen LogP contribution in [0.5, 0.6) is 17.2 Å². The van der Waals surface area contributed by atoms with Crippen molar-refractivity contribution in [1.29, 1.82) is 0 Å². The number of carbonyl (C=O) groups is 2. The fraction of sp³-hybridized carbons (Fsp3) is 0.467. The number of methoxy groups -OCH3 is 3. The van der Waals surface area contributed by atoms with Gasteiger partial charge in [0.25, 0.3) is 5.91 Å². The van der Waals surface area contributed by atoms with Gasteiger partial charge in [0.2, 0.25) is 6.29 Å². The molecule has 116 valence electrons. The summed E-state index contributed by atoms with van der Waals surface area (Å²) < 4.78 is 15.9. The van der Waals surface area contributed by atoms with Crippen molar-refractivity contribution in [1.82, 2.24) is 4.90 Å². The van der Waals surface area contributed by atoms with E-state index in [1.165, 1.54) is 19.1 Å².